The first-order valence-electron chi connectivity index (χ1n) is 12.0. The van der Waals surface area contributed by atoms with Crippen molar-refractivity contribution < 1.29 is 21.6 Å². The molecule has 3 N–H and O–H groups in total. The van der Waals surface area contributed by atoms with Crippen LogP contribution in [-0.2, 0) is 16.2 Å². The van der Waals surface area contributed by atoms with E-state index in [9.17, 15) is 21.6 Å². The van der Waals surface area contributed by atoms with Gasteiger partial charge in [-0.2, -0.15) is 17.5 Å². The molecule has 1 fully saturated rings. The van der Waals surface area contributed by atoms with Gasteiger partial charge in [0.25, 0.3) is 0 Å². The number of sulfonamides is 1. The standard InChI is InChI=1S/C24H28BF3N6O2S/c25-20(13-29)23-32-21(12-22(33-23)31-15-16-2-1-9-30-14-16)17-7-10-34(11-8-17)37(35,36)19-5-3-18(4-6-19)24(26,27)28/h3-6,9,12-14,17,29,31,33H,1-2,7-8,10-11,15,25H2/b23-20+,29-13?. The van der Waals surface area contributed by atoms with Gasteiger partial charge in [-0.15, -0.1) is 0 Å². The van der Waals surface area contributed by atoms with Gasteiger partial charge in [0.15, 0.2) is 0 Å². The Kier molecular flexibility index (Phi) is 8.03. The summed E-state index contributed by atoms with van der Waals surface area (Å²) in [6.07, 6.45) is 5.20. The van der Waals surface area contributed by atoms with Gasteiger partial charge in [0.2, 0.25) is 10.0 Å². The number of rotatable bonds is 7. The smallest absolute Gasteiger partial charge is 0.368 e. The van der Waals surface area contributed by atoms with Crippen LogP contribution in [0.15, 0.2) is 74.1 Å². The second-order valence-electron chi connectivity index (χ2n) is 9.11. The fourth-order valence-electron chi connectivity index (χ4n) is 4.31. The van der Waals surface area contributed by atoms with Crippen LogP contribution in [0.3, 0.4) is 0 Å². The summed E-state index contributed by atoms with van der Waals surface area (Å²) in [5.41, 5.74) is 1.74. The van der Waals surface area contributed by atoms with Crippen molar-refractivity contribution in [1.82, 2.24) is 14.9 Å². The van der Waals surface area contributed by atoms with Gasteiger partial charge in [-0.05, 0) is 61.0 Å². The number of nitrogens with zero attached hydrogens (tertiary/aromatic N) is 3. The number of halogens is 3. The lowest BCUT2D eigenvalue weighted by Crippen LogP contribution is -2.41. The van der Waals surface area contributed by atoms with E-state index in [-0.39, 0.29) is 23.9 Å². The quantitative estimate of drug-likeness (QED) is 0.371. The van der Waals surface area contributed by atoms with Gasteiger partial charge in [0.05, 0.1) is 10.5 Å². The van der Waals surface area contributed by atoms with Crippen LogP contribution in [0.25, 0.3) is 0 Å². The highest BCUT2D eigenvalue weighted by atomic mass is 32.2. The predicted molar refractivity (Wildman–Crippen MR) is 140 cm³/mol. The number of nitrogens with one attached hydrogen (secondary N) is 3. The lowest BCUT2D eigenvalue weighted by atomic mass is 9.91. The first kappa shape index (κ1) is 26.9. The number of hydrogen-bond acceptors (Lipinski definition) is 7. The molecular weight excluding hydrogens is 504 g/mol. The molecule has 1 aromatic rings. The third-order valence-electron chi connectivity index (χ3n) is 6.53. The van der Waals surface area contributed by atoms with Crippen LogP contribution in [0.5, 0.6) is 0 Å². The highest BCUT2D eigenvalue weighted by Gasteiger charge is 2.34. The van der Waals surface area contributed by atoms with Gasteiger partial charge in [-0.3, -0.25) is 4.99 Å². The average molecular weight is 532 g/mol. The fraction of sp³-hybridized carbons (Fsp3) is 0.375. The Morgan fingerprint density at radius 1 is 1.24 bits per heavy atom. The molecule has 13 heteroatoms. The molecule has 8 nitrogen and oxygen atoms in total. The molecule has 3 heterocycles. The zero-order valence-corrected chi connectivity index (χ0v) is 21.2. The van der Waals surface area contributed by atoms with Crippen LogP contribution in [-0.4, -0.2) is 58.3 Å². The number of allylic oxidation sites excluding steroid dienone is 2. The minimum absolute atomic E-state index is 0.00927. The van der Waals surface area contributed by atoms with Crippen LogP contribution < -0.4 is 10.6 Å². The number of hydrogen-bond donors (Lipinski definition) is 3. The fourth-order valence-corrected chi connectivity index (χ4v) is 5.78. The maximum Gasteiger partial charge on any atom is 0.416 e. The largest absolute Gasteiger partial charge is 0.416 e. The Morgan fingerprint density at radius 3 is 2.54 bits per heavy atom. The molecule has 0 radical (unpaired) electrons. The average Bonchev–Trinajstić information content (AvgIpc) is 2.91. The van der Waals surface area contributed by atoms with Gasteiger partial charge < -0.3 is 16.0 Å². The first-order valence-corrected chi connectivity index (χ1v) is 13.4. The van der Waals surface area contributed by atoms with E-state index in [1.54, 1.807) is 7.85 Å². The van der Waals surface area contributed by atoms with E-state index in [0.717, 1.165) is 48.6 Å². The monoisotopic (exact) mass is 532 g/mol. The van der Waals surface area contributed by atoms with E-state index in [1.165, 1.54) is 16.1 Å². The van der Waals surface area contributed by atoms with Crippen LogP contribution in [0.1, 0.15) is 31.2 Å². The summed E-state index contributed by atoms with van der Waals surface area (Å²) in [5, 5.41) is 14.2. The van der Waals surface area contributed by atoms with Gasteiger partial charge in [-0.25, -0.2) is 13.4 Å². The van der Waals surface area contributed by atoms with Crippen molar-refractivity contribution in [2.45, 2.75) is 36.8 Å². The summed E-state index contributed by atoms with van der Waals surface area (Å²) in [7, 11) is -2.12. The Morgan fingerprint density at radius 2 is 1.95 bits per heavy atom. The summed E-state index contributed by atoms with van der Waals surface area (Å²) < 4.78 is 65.9. The zero-order valence-electron chi connectivity index (χ0n) is 20.3. The van der Waals surface area contributed by atoms with Crippen LogP contribution in [0.2, 0.25) is 0 Å². The van der Waals surface area contributed by atoms with Crippen LogP contribution in [0.4, 0.5) is 13.2 Å². The molecule has 0 amide bonds. The highest BCUT2D eigenvalue weighted by molar-refractivity contribution is 7.89. The molecule has 4 rings (SSSR count). The van der Waals surface area contributed by atoms with Crippen LogP contribution in [0, 0.1) is 11.3 Å². The van der Waals surface area contributed by atoms with Gasteiger partial charge in [0, 0.05) is 56.0 Å². The van der Waals surface area contributed by atoms with Gasteiger partial charge in [-0.1, -0.05) is 0 Å². The van der Waals surface area contributed by atoms with E-state index in [4.69, 9.17) is 10.4 Å². The normalized spacial score (nSPS) is 20.9. The Bertz CT molecular complexity index is 1290. The first-order chi connectivity index (χ1) is 17.6. The molecule has 37 heavy (non-hydrogen) atoms. The SMILES string of the molecule is B/C(C=N)=C1\N=C(C2CCN(S(=O)(=O)c3ccc(C(F)(F)F)cc3)CC2)C=C(NCC2=CN=CCC2)N1. The summed E-state index contributed by atoms with van der Waals surface area (Å²) in [5.74, 6) is 1.30. The molecule has 0 aliphatic carbocycles. The lowest BCUT2D eigenvalue weighted by molar-refractivity contribution is -0.137. The number of aliphatic imine (C=N–C) groups is 2. The molecular formula is C24H28BF3N6O2S. The summed E-state index contributed by atoms with van der Waals surface area (Å²) in [6.45, 7) is 1.07. The molecule has 196 valence electrons. The molecule has 3 aliphatic heterocycles. The van der Waals surface area contributed by atoms with Gasteiger partial charge >= 0.3 is 6.18 Å². The number of piperidine rings is 1. The van der Waals surface area contributed by atoms with E-state index in [0.29, 0.717) is 30.7 Å². The minimum Gasteiger partial charge on any atom is -0.368 e. The van der Waals surface area contributed by atoms with E-state index in [1.807, 2.05) is 18.5 Å². The molecule has 0 bridgehead atoms. The predicted octanol–water partition coefficient (Wildman–Crippen LogP) is 2.78. The Hall–Kier alpha value is -3.19. The molecule has 1 aromatic carbocycles. The molecule has 0 unspecified atom stereocenters. The van der Waals surface area contributed by atoms with E-state index in [2.05, 4.69) is 15.6 Å². The van der Waals surface area contributed by atoms with Crippen molar-refractivity contribution in [3.63, 3.8) is 0 Å². The number of benzene rings is 1. The maximum absolute atomic E-state index is 13.0. The van der Waals surface area contributed by atoms with Crippen LogP contribution >= 0.6 is 0 Å². The van der Waals surface area contributed by atoms with Crippen molar-refractivity contribution >= 4 is 36.0 Å². The second kappa shape index (κ2) is 11.1. The highest BCUT2D eigenvalue weighted by Crippen LogP contribution is 2.31. The second-order valence-corrected chi connectivity index (χ2v) is 11.0. The Balaban J connectivity index is 1.46. The molecule has 0 atom stereocenters. The molecule has 0 aromatic heterocycles. The van der Waals surface area contributed by atoms with Gasteiger partial charge in [0.1, 0.15) is 19.5 Å². The van der Waals surface area contributed by atoms with E-state index >= 15 is 0 Å². The topological polar surface area (TPSA) is 110 Å². The molecule has 0 saturated carbocycles. The van der Waals surface area contributed by atoms with Crippen molar-refractivity contribution in [2.75, 3.05) is 19.6 Å². The minimum atomic E-state index is -4.53. The molecule has 3 aliphatic rings. The summed E-state index contributed by atoms with van der Waals surface area (Å²) in [4.78, 5) is 8.75. The lowest BCUT2D eigenvalue weighted by Gasteiger charge is -2.32. The van der Waals surface area contributed by atoms with E-state index < -0.39 is 21.8 Å². The van der Waals surface area contributed by atoms with Crippen molar-refractivity contribution in [2.24, 2.45) is 15.9 Å². The zero-order chi connectivity index (χ0) is 26.6. The number of alkyl halides is 3. The third kappa shape index (κ3) is 6.39. The van der Waals surface area contributed by atoms with Crippen molar-refractivity contribution in [1.29, 1.82) is 5.41 Å². The van der Waals surface area contributed by atoms with Crippen molar-refractivity contribution in [3.8, 4) is 0 Å². The molecule has 0 spiro atoms. The maximum atomic E-state index is 13.0. The summed E-state index contributed by atoms with van der Waals surface area (Å²) >= 11 is 0. The summed E-state index contributed by atoms with van der Waals surface area (Å²) in [6, 6.07) is 3.59. The Labute approximate surface area is 215 Å². The van der Waals surface area contributed by atoms with Crippen molar-refractivity contribution in [3.05, 3.63) is 64.8 Å². The molecule has 1 saturated heterocycles. The third-order valence-corrected chi connectivity index (χ3v) is 8.44.